The fourth-order valence-electron chi connectivity index (χ4n) is 3.71. The molecule has 3 rings (SSSR count). The summed E-state index contributed by atoms with van der Waals surface area (Å²) < 4.78 is 21.6. The van der Waals surface area contributed by atoms with Gasteiger partial charge in [0, 0.05) is 57.1 Å². The van der Waals surface area contributed by atoms with Crippen LogP contribution >= 0.6 is 24.0 Å². The first kappa shape index (κ1) is 25.7. The number of nitrogens with zero attached hydrogens (tertiary/aromatic N) is 3. The molecule has 0 spiro atoms. The summed E-state index contributed by atoms with van der Waals surface area (Å²) in [4.78, 5) is 9.13. The number of anilines is 1. The second-order valence-electron chi connectivity index (χ2n) is 7.09. The number of rotatable bonds is 7. The maximum Gasteiger partial charge on any atom is 0.194 e. The molecule has 0 aromatic heterocycles. The number of ether oxygens (including phenoxy) is 4. The molecule has 2 aromatic rings. The molecule has 1 aliphatic heterocycles. The van der Waals surface area contributed by atoms with E-state index in [2.05, 4.69) is 32.2 Å². The fourth-order valence-corrected chi connectivity index (χ4v) is 3.71. The molecule has 1 heterocycles. The van der Waals surface area contributed by atoms with Crippen molar-refractivity contribution in [3.63, 3.8) is 0 Å². The summed E-state index contributed by atoms with van der Waals surface area (Å²) in [6.07, 6.45) is 0. The summed E-state index contributed by atoms with van der Waals surface area (Å²) >= 11 is 0. The largest absolute Gasteiger partial charge is 0.497 e. The summed E-state index contributed by atoms with van der Waals surface area (Å²) in [5, 5.41) is 3.45. The van der Waals surface area contributed by atoms with E-state index < -0.39 is 0 Å². The zero-order chi connectivity index (χ0) is 22.2. The molecule has 176 valence electrons. The Morgan fingerprint density at radius 2 is 1.44 bits per heavy atom. The smallest absolute Gasteiger partial charge is 0.194 e. The van der Waals surface area contributed by atoms with Gasteiger partial charge in [-0.3, -0.25) is 4.99 Å². The topological polar surface area (TPSA) is 67.8 Å². The van der Waals surface area contributed by atoms with E-state index in [4.69, 9.17) is 18.9 Å². The number of aliphatic imine (C=N–C) groups is 1. The van der Waals surface area contributed by atoms with Gasteiger partial charge in [-0.15, -0.1) is 24.0 Å². The van der Waals surface area contributed by atoms with Crippen LogP contribution in [0.4, 0.5) is 5.69 Å². The van der Waals surface area contributed by atoms with Gasteiger partial charge in [-0.25, -0.2) is 0 Å². The van der Waals surface area contributed by atoms with Crippen LogP contribution in [0.25, 0.3) is 0 Å². The van der Waals surface area contributed by atoms with Crippen molar-refractivity contribution in [3.05, 3.63) is 42.0 Å². The average Bonchev–Trinajstić information content (AvgIpc) is 2.84. The molecule has 1 fully saturated rings. The SMILES string of the molecule is CN=C(NCc1cc(OC)c(OC)cc1OC)N1CCN(c2ccc(OC)cc2)CC1.I. The Balaban J connectivity index is 0.00000363. The molecule has 0 radical (unpaired) electrons. The van der Waals surface area contributed by atoms with Gasteiger partial charge in [0.05, 0.1) is 28.4 Å². The first-order chi connectivity index (χ1) is 15.1. The lowest BCUT2D eigenvalue weighted by atomic mass is 10.1. The van der Waals surface area contributed by atoms with Crippen LogP contribution in [0, 0.1) is 0 Å². The van der Waals surface area contributed by atoms with Crippen LogP contribution in [-0.4, -0.2) is 72.5 Å². The lowest BCUT2D eigenvalue weighted by molar-refractivity contribution is 0.346. The fraction of sp³-hybridized carbons (Fsp3) is 0.435. The number of methoxy groups -OCH3 is 4. The molecule has 0 bridgehead atoms. The molecule has 0 saturated carbocycles. The number of halogens is 1. The number of guanidine groups is 1. The van der Waals surface area contributed by atoms with Crippen molar-refractivity contribution in [2.45, 2.75) is 6.54 Å². The molecule has 8 nitrogen and oxygen atoms in total. The molecule has 32 heavy (non-hydrogen) atoms. The Morgan fingerprint density at radius 1 is 0.844 bits per heavy atom. The van der Waals surface area contributed by atoms with Crippen molar-refractivity contribution in [3.8, 4) is 23.0 Å². The molecular weight excluding hydrogens is 523 g/mol. The maximum absolute atomic E-state index is 5.53. The van der Waals surface area contributed by atoms with Gasteiger partial charge in [0.15, 0.2) is 17.5 Å². The zero-order valence-corrected chi connectivity index (χ0v) is 21.7. The second kappa shape index (κ2) is 12.5. The molecule has 0 aliphatic carbocycles. The van der Waals surface area contributed by atoms with Crippen LogP contribution in [0.5, 0.6) is 23.0 Å². The minimum atomic E-state index is 0. The summed E-state index contributed by atoms with van der Waals surface area (Å²) in [6, 6.07) is 12.0. The highest BCUT2D eigenvalue weighted by Crippen LogP contribution is 2.34. The second-order valence-corrected chi connectivity index (χ2v) is 7.09. The average molecular weight is 556 g/mol. The highest BCUT2D eigenvalue weighted by Gasteiger charge is 2.20. The van der Waals surface area contributed by atoms with Gasteiger partial charge in [-0.2, -0.15) is 0 Å². The Hall–Kier alpha value is -2.56. The van der Waals surface area contributed by atoms with Gasteiger partial charge in [0.1, 0.15) is 11.5 Å². The molecule has 2 aromatic carbocycles. The first-order valence-electron chi connectivity index (χ1n) is 10.3. The highest BCUT2D eigenvalue weighted by molar-refractivity contribution is 14.0. The van der Waals surface area contributed by atoms with E-state index in [0.717, 1.165) is 49.2 Å². The molecule has 9 heteroatoms. The Kier molecular flexibility index (Phi) is 10.0. The van der Waals surface area contributed by atoms with Gasteiger partial charge in [0.25, 0.3) is 0 Å². The van der Waals surface area contributed by atoms with Crippen molar-refractivity contribution in [1.82, 2.24) is 10.2 Å². The minimum absolute atomic E-state index is 0. The normalized spacial score (nSPS) is 13.8. The monoisotopic (exact) mass is 556 g/mol. The quantitative estimate of drug-likeness (QED) is 0.319. The standard InChI is InChI=1S/C23H32N4O4.HI/c1-24-23(25-16-17-14-21(30-4)22(31-5)15-20(17)29-3)27-12-10-26(11-13-27)18-6-8-19(28-2)9-7-18;/h6-9,14-15H,10-13,16H2,1-5H3,(H,24,25);1H. The summed E-state index contributed by atoms with van der Waals surface area (Å²) in [6.45, 7) is 4.18. The van der Waals surface area contributed by atoms with E-state index in [0.29, 0.717) is 18.0 Å². The molecular formula is C23H33IN4O4. The zero-order valence-electron chi connectivity index (χ0n) is 19.4. The van der Waals surface area contributed by atoms with Crippen molar-refractivity contribution in [1.29, 1.82) is 0 Å². The number of hydrogen-bond donors (Lipinski definition) is 1. The van der Waals surface area contributed by atoms with E-state index in [9.17, 15) is 0 Å². The highest BCUT2D eigenvalue weighted by atomic mass is 127. The molecule has 0 amide bonds. The van der Waals surface area contributed by atoms with Gasteiger partial charge in [-0.05, 0) is 30.3 Å². The van der Waals surface area contributed by atoms with Gasteiger partial charge >= 0.3 is 0 Å². The van der Waals surface area contributed by atoms with E-state index in [1.807, 2.05) is 31.3 Å². The van der Waals surface area contributed by atoms with Crippen LogP contribution < -0.4 is 29.2 Å². The van der Waals surface area contributed by atoms with Crippen LogP contribution in [0.3, 0.4) is 0 Å². The van der Waals surface area contributed by atoms with Crippen LogP contribution in [0.1, 0.15) is 5.56 Å². The number of piperazine rings is 1. The third-order valence-electron chi connectivity index (χ3n) is 5.45. The predicted octanol–water partition coefficient (Wildman–Crippen LogP) is 3.24. The number of benzene rings is 2. The lowest BCUT2D eigenvalue weighted by Gasteiger charge is -2.37. The van der Waals surface area contributed by atoms with Gasteiger partial charge in [0.2, 0.25) is 0 Å². The predicted molar refractivity (Wildman–Crippen MR) is 138 cm³/mol. The third-order valence-corrected chi connectivity index (χ3v) is 5.45. The molecule has 1 aliphatic rings. The first-order valence-corrected chi connectivity index (χ1v) is 10.3. The maximum atomic E-state index is 5.53. The van der Waals surface area contributed by atoms with Crippen LogP contribution in [0.15, 0.2) is 41.4 Å². The molecule has 1 saturated heterocycles. The van der Waals surface area contributed by atoms with Crippen molar-refractivity contribution in [2.24, 2.45) is 4.99 Å². The summed E-state index contributed by atoms with van der Waals surface area (Å²) in [7, 11) is 8.39. The minimum Gasteiger partial charge on any atom is -0.497 e. The third kappa shape index (κ3) is 6.02. The molecule has 0 unspecified atom stereocenters. The van der Waals surface area contributed by atoms with Crippen LogP contribution in [-0.2, 0) is 6.54 Å². The number of hydrogen-bond acceptors (Lipinski definition) is 6. The molecule has 1 N–H and O–H groups in total. The number of nitrogens with one attached hydrogen (secondary N) is 1. The lowest BCUT2D eigenvalue weighted by Crippen LogP contribution is -2.52. The summed E-state index contributed by atoms with van der Waals surface area (Å²) in [5.74, 6) is 3.79. The van der Waals surface area contributed by atoms with Crippen molar-refractivity contribution >= 4 is 35.6 Å². The van der Waals surface area contributed by atoms with Gasteiger partial charge < -0.3 is 34.1 Å². The van der Waals surface area contributed by atoms with E-state index in [1.165, 1.54) is 5.69 Å². The van der Waals surface area contributed by atoms with E-state index in [1.54, 1.807) is 28.4 Å². The molecule has 0 atom stereocenters. The Labute approximate surface area is 207 Å². The summed E-state index contributed by atoms with van der Waals surface area (Å²) in [5.41, 5.74) is 2.18. The van der Waals surface area contributed by atoms with Crippen molar-refractivity contribution < 1.29 is 18.9 Å². The van der Waals surface area contributed by atoms with E-state index >= 15 is 0 Å². The van der Waals surface area contributed by atoms with Crippen LogP contribution in [0.2, 0.25) is 0 Å². The Bertz CT molecular complexity index is 884. The van der Waals surface area contributed by atoms with Gasteiger partial charge in [-0.1, -0.05) is 0 Å². The Morgan fingerprint density at radius 3 is 1.97 bits per heavy atom. The van der Waals surface area contributed by atoms with E-state index in [-0.39, 0.29) is 24.0 Å². The van der Waals surface area contributed by atoms with Crippen molar-refractivity contribution in [2.75, 3.05) is 66.6 Å².